The maximum atomic E-state index is 13.6. The zero-order valence-corrected chi connectivity index (χ0v) is 20.3. The second-order valence-corrected chi connectivity index (χ2v) is 8.34. The second kappa shape index (κ2) is 10.2. The van der Waals surface area contributed by atoms with E-state index in [2.05, 4.69) is 10.3 Å². The van der Waals surface area contributed by atoms with Crippen LogP contribution in [-0.2, 0) is 17.7 Å². The van der Waals surface area contributed by atoms with E-state index < -0.39 is 6.09 Å². The molecule has 3 rings (SSSR count). The number of ether oxygens (including phenoxy) is 1. The smallest absolute Gasteiger partial charge is 0.407 e. The largest absolute Gasteiger partial charge is 0.465 e. The number of nitrogens with one attached hydrogen (secondary N) is 1. The SMILES string of the molecule is CCO[C@H]1CN(C(=O)O)C[C@H]1Nc1c(CC)nc(-c2cnc(N(C)C)cc2C)n(CC)c1=O. The summed E-state index contributed by atoms with van der Waals surface area (Å²) >= 11 is 0. The molecule has 0 saturated carbocycles. The van der Waals surface area contributed by atoms with E-state index in [1.54, 1.807) is 10.8 Å². The zero-order chi connectivity index (χ0) is 24.3. The number of anilines is 2. The third-order valence-corrected chi connectivity index (χ3v) is 5.94. The van der Waals surface area contributed by atoms with Crippen molar-refractivity contribution in [1.82, 2.24) is 19.4 Å². The van der Waals surface area contributed by atoms with Crippen LogP contribution in [0, 0.1) is 6.92 Å². The Morgan fingerprint density at radius 2 is 2.03 bits per heavy atom. The first-order valence-electron chi connectivity index (χ1n) is 11.4. The molecule has 2 atom stereocenters. The lowest BCUT2D eigenvalue weighted by Crippen LogP contribution is -2.38. The van der Waals surface area contributed by atoms with Gasteiger partial charge in [0.15, 0.2) is 0 Å². The van der Waals surface area contributed by atoms with Gasteiger partial charge in [0.1, 0.15) is 17.3 Å². The number of pyridine rings is 1. The van der Waals surface area contributed by atoms with Gasteiger partial charge in [-0.25, -0.2) is 14.8 Å². The minimum absolute atomic E-state index is 0.181. The molecule has 2 N–H and O–H groups in total. The van der Waals surface area contributed by atoms with Crippen molar-refractivity contribution in [3.63, 3.8) is 0 Å². The first-order valence-corrected chi connectivity index (χ1v) is 11.4. The number of amides is 1. The highest BCUT2D eigenvalue weighted by Gasteiger charge is 2.37. The van der Waals surface area contributed by atoms with Crippen LogP contribution in [0.4, 0.5) is 16.3 Å². The van der Waals surface area contributed by atoms with Crippen molar-refractivity contribution in [3.05, 3.63) is 33.9 Å². The number of aromatic nitrogens is 3. The fourth-order valence-electron chi connectivity index (χ4n) is 4.16. The van der Waals surface area contributed by atoms with Gasteiger partial charge in [0.25, 0.3) is 5.56 Å². The summed E-state index contributed by atoms with van der Waals surface area (Å²) in [6.45, 7) is 9.12. The van der Waals surface area contributed by atoms with Crippen LogP contribution < -0.4 is 15.8 Å². The Morgan fingerprint density at radius 1 is 1.30 bits per heavy atom. The van der Waals surface area contributed by atoms with Crippen LogP contribution >= 0.6 is 0 Å². The van der Waals surface area contributed by atoms with E-state index in [0.717, 1.165) is 16.9 Å². The normalized spacial score (nSPS) is 17.9. The van der Waals surface area contributed by atoms with Gasteiger partial charge in [0, 0.05) is 45.6 Å². The summed E-state index contributed by atoms with van der Waals surface area (Å²) in [5.74, 6) is 1.42. The van der Waals surface area contributed by atoms with Crippen molar-refractivity contribution < 1.29 is 14.6 Å². The molecule has 10 nitrogen and oxygen atoms in total. The molecular weight excluding hydrogens is 424 g/mol. The first kappa shape index (κ1) is 24.5. The number of nitrogens with zero attached hydrogens (tertiary/aromatic N) is 5. The molecule has 1 amide bonds. The Hall–Kier alpha value is -3.14. The number of likely N-dealkylation sites (tertiary alicyclic amines) is 1. The predicted octanol–water partition coefficient (Wildman–Crippen LogP) is 2.44. The van der Waals surface area contributed by atoms with Crippen LogP contribution in [-0.4, -0.2) is 76.6 Å². The average Bonchev–Trinajstić information content (AvgIpc) is 3.18. The maximum Gasteiger partial charge on any atom is 0.407 e. The molecule has 0 aliphatic carbocycles. The summed E-state index contributed by atoms with van der Waals surface area (Å²) in [7, 11) is 3.86. The van der Waals surface area contributed by atoms with Gasteiger partial charge in [-0.3, -0.25) is 9.36 Å². The zero-order valence-electron chi connectivity index (χ0n) is 20.3. The Kier molecular flexibility index (Phi) is 7.57. The Morgan fingerprint density at radius 3 is 2.58 bits per heavy atom. The van der Waals surface area contributed by atoms with Crippen LogP contribution in [0.15, 0.2) is 17.1 Å². The third-order valence-electron chi connectivity index (χ3n) is 5.94. The molecule has 2 aromatic rings. The lowest BCUT2D eigenvalue weighted by molar-refractivity contribution is 0.0629. The number of rotatable bonds is 8. The van der Waals surface area contributed by atoms with Gasteiger partial charge < -0.3 is 25.0 Å². The molecule has 10 heteroatoms. The third kappa shape index (κ3) is 4.95. The van der Waals surface area contributed by atoms with Gasteiger partial charge in [-0.2, -0.15) is 0 Å². The van der Waals surface area contributed by atoms with Crippen molar-refractivity contribution in [3.8, 4) is 11.4 Å². The summed E-state index contributed by atoms with van der Waals surface area (Å²) < 4.78 is 7.41. The van der Waals surface area contributed by atoms with Crippen LogP contribution in [0.2, 0.25) is 0 Å². The van der Waals surface area contributed by atoms with E-state index in [4.69, 9.17) is 9.72 Å². The van der Waals surface area contributed by atoms with E-state index in [0.29, 0.717) is 36.8 Å². The molecule has 3 heterocycles. The minimum atomic E-state index is -0.997. The summed E-state index contributed by atoms with van der Waals surface area (Å²) in [5.41, 5.74) is 2.65. The van der Waals surface area contributed by atoms with E-state index in [1.165, 1.54) is 4.90 Å². The molecule has 1 aliphatic rings. The predicted molar refractivity (Wildman–Crippen MR) is 128 cm³/mol. The van der Waals surface area contributed by atoms with Crippen molar-refractivity contribution >= 4 is 17.6 Å². The first-order chi connectivity index (χ1) is 15.7. The van der Waals surface area contributed by atoms with Crippen molar-refractivity contribution in [2.45, 2.75) is 52.8 Å². The number of hydrogen-bond donors (Lipinski definition) is 2. The van der Waals surface area contributed by atoms with Crippen molar-refractivity contribution in [2.75, 3.05) is 44.0 Å². The molecule has 1 saturated heterocycles. The quantitative estimate of drug-likeness (QED) is 0.620. The average molecular weight is 459 g/mol. The highest BCUT2D eigenvalue weighted by Crippen LogP contribution is 2.26. The summed E-state index contributed by atoms with van der Waals surface area (Å²) in [5, 5.41) is 12.7. The monoisotopic (exact) mass is 458 g/mol. The van der Waals surface area contributed by atoms with Gasteiger partial charge in [-0.05, 0) is 38.8 Å². The Bertz CT molecular complexity index is 1070. The molecule has 2 aromatic heterocycles. The lowest BCUT2D eigenvalue weighted by atomic mass is 10.1. The maximum absolute atomic E-state index is 13.6. The number of hydrogen-bond acceptors (Lipinski definition) is 7. The minimum Gasteiger partial charge on any atom is -0.465 e. The van der Waals surface area contributed by atoms with Gasteiger partial charge in [-0.1, -0.05) is 6.92 Å². The molecule has 1 aliphatic heterocycles. The van der Waals surface area contributed by atoms with Crippen LogP contribution in [0.25, 0.3) is 11.4 Å². The van der Waals surface area contributed by atoms with Gasteiger partial charge in [0.05, 0.1) is 24.4 Å². The van der Waals surface area contributed by atoms with Crippen LogP contribution in [0.5, 0.6) is 0 Å². The van der Waals surface area contributed by atoms with Gasteiger partial charge in [0.2, 0.25) is 0 Å². The van der Waals surface area contributed by atoms with Gasteiger partial charge in [-0.15, -0.1) is 0 Å². The topological polar surface area (TPSA) is 113 Å². The molecule has 180 valence electrons. The van der Waals surface area contributed by atoms with Crippen LogP contribution in [0.3, 0.4) is 0 Å². The van der Waals surface area contributed by atoms with Crippen molar-refractivity contribution in [1.29, 1.82) is 0 Å². The number of carbonyl (C=O) groups is 1. The summed E-state index contributed by atoms with van der Waals surface area (Å²) in [6.07, 6.45) is 0.975. The molecule has 0 aromatic carbocycles. The highest BCUT2D eigenvalue weighted by molar-refractivity contribution is 5.66. The number of carboxylic acid groups (broad SMARTS) is 1. The Labute approximate surface area is 194 Å². The molecular formula is C23H34N6O4. The van der Waals surface area contributed by atoms with E-state index >= 15 is 0 Å². The molecule has 0 unspecified atom stereocenters. The highest BCUT2D eigenvalue weighted by atomic mass is 16.5. The molecule has 1 fully saturated rings. The Balaban J connectivity index is 2.05. The molecule has 0 bridgehead atoms. The fourth-order valence-corrected chi connectivity index (χ4v) is 4.16. The van der Waals surface area contributed by atoms with E-state index in [9.17, 15) is 14.7 Å². The summed E-state index contributed by atoms with van der Waals surface area (Å²) in [6, 6.07) is 1.64. The fraction of sp³-hybridized carbons (Fsp3) is 0.565. The molecule has 33 heavy (non-hydrogen) atoms. The lowest BCUT2D eigenvalue weighted by Gasteiger charge is -2.23. The molecule has 0 spiro atoms. The number of aryl methyl sites for hydroxylation is 2. The van der Waals surface area contributed by atoms with Crippen LogP contribution in [0.1, 0.15) is 32.0 Å². The van der Waals surface area contributed by atoms with Gasteiger partial charge >= 0.3 is 6.09 Å². The standard InChI is InChI=1S/C23H34N6O4/c1-7-16-20(25-17-12-28(23(31)32)13-18(17)33-9-3)22(30)29(8-2)21(26-16)15-11-24-19(27(5)6)10-14(15)4/h10-11,17-18,25H,7-9,12-13H2,1-6H3,(H,31,32)/t17-,18+/m1/s1. The van der Waals surface area contributed by atoms with Crippen molar-refractivity contribution in [2.24, 2.45) is 0 Å². The molecule has 0 radical (unpaired) electrons. The summed E-state index contributed by atoms with van der Waals surface area (Å²) in [4.78, 5) is 37.7. The van der Waals surface area contributed by atoms with E-state index in [-0.39, 0.29) is 30.8 Å². The van der Waals surface area contributed by atoms with E-state index in [1.807, 2.05) is 52.8 Å². The second-order valence-electron chi connectivity index (χ2n) is 8.34.